The fraction of sp³-hybridized carbons (Fsp3) is 0.333. The maximum atomic E-state index is 4.82. The van der Waals surface area contributed by atoms with Crippen LogP contribution in [0, 0.1) is 20.8 Å². The molecule has 1 aliphatic heterocycles. The Morgan fingerprint density at radius 1 is 0.906 bits per heavy atom. The van der Waals surface area contributed by atoms with Gasteiger partial charge in [-0.05, 0) is 75.1 Å². The summed E-state index contributed by atoms with van der Waals surface area (Å²) in [5, 5.41) is 4.93. The predicted octanol–water partition coefficient (Wildman–Crippen LogP) is 5.16. The topological polar surface area (TPSA) is 56.8 Å². The Morgan fingerprint density at radius 2 is 1.69 bits per heavy atom. The van der Waals surface area contributed by atoms with E-state index in [1.54, 1.807) is 0 Å². The van der Waals surface area contributed by atoms with E-state index in [9.17, 15) is 0 Å². The molecule has 6 rings (SSSR count). The highest BCUT2D eigenvalue weighted by atomic mass is 15.3. The second-order valence-corrected chi connectivity index (χ2v) is 9.56. The number of benzene rings is 1. The quantitative estimate of drug-likeness (QED) is 0.478. The number of rotatable bonds is 3. The number of H-pyrrole nitrogens is 1. The molecule has 5 heteroatoms. The minimum atomic E-state index is 0.360. The van der Waals surface area contributed by atoms with Crippen LogP contribution in [0.4, 0.5) is 5.82 Å². The molecule has 5 nitrogen and oxygen atoms in total. The van der Waals surface area contributed by atoms with Gasteiger partial charge in [-0.1, -0.05) is 12.1 Å². The maximum Gasteiger partial charge on any atom is 0.128 e. The van der Waals surface area contributed by atoms with Gasteiger partial charge in [0.15, 0.2) is 0 Å². The molecule has 1 aliphatic carbocycles. The van der Waals surface area contributed by atoms with Gasteiger partial charge in [-0.2, -0.15) is 0 Å². The van der Waals surface area contributed by atoms with Gasteiger partial charge in [0.05, 0.1) is 0 Å². The molecule has 3 aromatic heterocycles. The smallest absolute Gasteiger partial charge is 0.128 e. The number of anilines is 1. The monoisotopic (exact) mass is 423 g/mol. The summed E-state index contributed by atoms with van der Waals surface area (Å²) in [5.74, 6) is 1.09. The molecule has 1 aromatic carbocycles. The molecule has 4 aromatic rings. The van der Waals surface area contributed by atoms with E-state index in [1.165, 1.54) is 40.6 Å². The van der Waals surface area contributed by atoms with Gasteiger partial charge in [0.2, 0.25) is 0 Å². The first-order valence-corrected chi connectivity index (χ1v) is 11.5. The molecular formula is C27H29N5. The van der Waals surface area contributed by atoms with E-state index in [0.29, 0.717) is 5.54 Å². The SMILES string of the molecule is Cc1cc(-c2[nH]c3cc(-c4ccc(N5CCNC6(CC6)C5)nc4)ccc3c2C)cc(C)n1. The van der Waals surface area contributed by atoms with Crippen LogP contribution in [0.2, 0.25) is 0 Å². The Hall–Kier alpha value is -3.18. The highest BCUT2D eigenvalue weighted by Gasteiger charge is 2.45. The molecule has 1 saturated carbocycles. The molecular weight excluding hydrogens is 394 g/mol. The van der Waals surface area contributed by atoms with Gasteiger partial charge in [-0.3, -0.25) is 4.98 Å². The summed E-state index contributed by atoms with van der Waals surface area (Å²) >= 11 is 0. The lowest BCUT2D eigenvalue weighted by molar-refractivity contribution is 0.440. The molecule has 0 atom stereocenters. The van der Waals surface area contributed by atoms with Crippen molar-refractivity contribution in [2.45, 2.75) is 39.2 Å². The summed E-state index contributed by atoms with van der Waals surface area (Å²) in [4.78, 5) is 15.4. The van der Waals surface area contributed by atoms with Gasteiger partial charge in [-0.15, -0.1) is 0 Å². The average molecular weight is 424 g/mol. The fourth-order valence-electron chi connectivity index (χ4n) is 5.17. The number of aromatic amines is 1. The van der Waals surface area contributed by atoms with Crippen molar-refractivity contribution in [1.29, 1.82) is 0 Å². The third-order valence-corrected chi connectivity index (χ3v) is 7.06. The van der Waals surface area contributed by atoms with Crippen LogP contribution >= 0.6 is 0 Å². The van der Waals surface area contributed by atoms with Crippen molar-refractivity contribution in [3.63, 3.8) is 0 Å². The second kappa shape index (κ2) is 7.17. The standard InChI is InChI=1S/C27H29N5/c1-17-12-22(13-18(2)30-17)26-19(3)23-6-4-20(14-24(23)31-26)21-5-7-25(28-15-21)32-11-10-29-27(16-32)8-9-27/h4-7,12-15,29,31H,8-11,16H2,1-3H3. The summed E-state index contributed by atoms with van der Waals surface area (Å²) in [6, 6.07) is 15.4. The molecule has 2 fully saturated rings. The van der Waals surface area contributed by atoms with E-state index in [0.717, 1.165) is 47.9 Å². The lowest BCUT2D eigenvalue weighted by atomic mass is 10.0. The normalized spacial score (nSPS) is 17.3. The molecule has 2 N–H and O–H groups in total. The van der Waals surface area contributed by atoms with Crippen molar-refractivity contribution in [1.82, 2.24) is 20.3 Å². The van der Waals surface area contributed by atoms with E-state index >= 15 is 0 Å². The van der Waals surface area contributed by atoms with Crippen molar-refractivity contribution in [3.8, 4) is 22.4 Å². The van der Waals surface area contributed by atoms with Crippen molar-refractivity contribution < 1.29 is 0 Å². The van der Waals surface area contributed by atoms with E-state index in [4.69, 9.17) is 4.98 Å². The zero-order chi connectivity index (χ0) is 21.9. The summed E-state index contributed by atoms with van der Waals surface area (Å²) in [6.45, 7) is 9.44. The Bertz CT molecular complexity index is 1290. The first-order valence-electron chi connectivity index (χ1n) is 11.5. The number of aryl methyl sites for hydroxylation is 3. The predicted molar refractivity (Wildman–Crippen MR) is 131 cm³/mol. The Labute approximate surface area is 188 Å². The molecule has 1 saturated heterocycles. The van der Waals surface area contributed by atoms with E-state index in [1.807, 2.05) is 20.0 Å². The molecule has 0 unspecified atom stereocenters. The zero-order valence-electron chi connectivity index (χ0n) is 19.0. The second-order valence-electron chi connectivity index (χ2n) is 9.56. The Kier molecular flexibility index (Phi) is 4.37. The molecule has 162 valence electrons. The number of fused-ring (bicyclic) bond motifs is 1. The number of nitrogens with one attached hydrogen (secondary N) is 2. The largest absolute Gasteiger partial charge is 0.354 e. The van der Waals surface area contributed by atoms with Gasteiger partial charge in [0.25, 0.3) is 0 Å². The summed E-state index contributed by atoms with van der Waals surface area (Å²) < 4.78 is 0. The van der Waals surface area contributed by atoms with Crippen LogP contribution in [0.15, 0.2) is 48.7 Å². The summed E-state index contributed by atoms with van der Waals surface area (Å²) in [5.41, 5.74) is 9.58. The molecule has 4 heterocycles. The molecule has 0 bridgehead atoms. The van der Waals surface area contributed by atoms with E-state index in [2.05, 4.69) is 69.6 Å². The molecule has 0 amide bonds. The molecule has 1 spiro atoms. The summed E-state index contributed by atoms with van der Waals surface area (Å²) in [6.07, 6.45) is 4.60. The van der Waals surface area contributed by atoms with Crippen LogP contribution in [0.3, 0.4) is 0 Å². The Morgan fingerprint density at radius 3 is 2.41 bits per heavy atom. The van der Waals surface area contributed by atoms with Crippen molar-refractivity contribution in [2.24, 2.45) is 0 Å². The number of piperazine rings is 1. The lowest BCUT2D eigenvalue weighted by Gasteiger charge is -2.34. The zero-order valence-corrected chi connectivity index (χ0v) is 19.0. The minimum Gasteiger partial charge on any atom is -0.354 e. The first kappa shape index (κ1) is 19.5. The van der Waals surface area contributed by atoms with Crippen LogP contribution in [0.25, 0.3) is 33.3 Å². The minimum absolute atomic E-state index is 0.360. The van der Waals surface area contributed by atoms with Gasteiger partial charge in [-0.25, -0.2) is 4.98 Å². The molecule has 0 radical (unpaired) electrons. The van der Waals surface area contributed by atoms with Gasteiger partial charge in [0.1, 0.15) is 5.82 Å². The first-order chi connectivity index (χ1) is 15.5. The van der Waals surface area contributed by atoms with Crippen LogP contribution < -0.4 is 10.2 Å². The number of hydrogen-bond donors (Lipinski definition) is 2. The molecule has 2 aliphatic rings. The number of aromatic nitrogens is 3. The van der Waals surface area contributed by atoms with E-state index in [-0.39, 0.29) is 0 Å². The third-order valence-electron chi connectivity index (χ3n) is 7.06. The van der Waals surface area contributed by atoms with Crippen LogP contribution in [0.1, 0.15) is 29.8 Å². The highest BCUT2D eigenvalue weighted by Crippen LogP contribution is 2.38. The fourth-order valence-corrected chi connectivity index (χ4v) is 5.17. The van der Waals surface area contributed by atoms with Crippen molar-refractivity contribution >= 4 is 16.7 Å². The third kappa shape index (κ3) is 3.37. The van der Waals surface area contributed by atoms with Gasteiger partial charge >= 0.3 is 0 Å². The van der Waals surface area contributed by atoms with Gasteiger partial charge in [0, 0.05) is 70.5 Å². The van der Waals surface area contributed by atoms with E-state index < -0.39 is 0 Å². The summed E-state index contributed by atoms with van der Waals surface area (Å²) in [7, 11) is 0. The van der Waals surface area contributed by atoms with Crippen molar-refractivity contribution in [3.05, 3.63) is 65.6 Å². The number of hydrogen-bond acceptors (Lipinski definition) is 4. The molecule has 32 heavy (non-hydrogen) atoms. The number of pyridine rings is 2. The van der Waals surface area contributed by atoms with Gasteiger partial charge < -0.3 is 15.2 Å². The average Bonchev–Trinajstić information content (AvgIpc) is 3.45. The van der Waals surface area contributed by atoms with Crippen molar-refractivity contribution in [2.75, 3.05) is 24.5 Å². The maximum absolute atomic E-state index is 4.82. The highest BCUT2D eigenvalue weighted by molar-refractivity contribution is 5.93. The number of nitrogens with zero attached hydrogens (tertiary/aromatic N) is 3. The Balaban J connectivity index is 1.31. The van der Waals surface area contributed by atoms with Crippen LogP contribution in [-0.2, 0) is 0 Å². The lowest BCUT2D eigenvalue weighted by Crippen LogP contribution is -2.52. The van der Waals surface area contributed by atoms with Crippen LogP contribution in [0.5, 0.6) is 0 Å². The van der Waals surface area contributed by atoms with Crippen LogP contribution in [-0.4, -0.2) is 40.1 Å².